The van der Waals surface area contributed by atoms with Crippen LogP contribution in [0.25, 0.3) is 5.65 Å². The SMILES string of the molecule is N#CC(C=Nc1cnn2ccc(N3CCCC3)nc12)=CN. The highest BCUT2D eigenvalue weighted by Crippen LogP contribution is 2.23. The van der Waals surface area contributed by atoms with Crippen molar-refractivity contribution >= 4 is 23.4 Å². The largest absolute Gasteiger partial charge is 0.403 e. The van der Waals surface area contributed by atoms with Gasteiger partial charge in [0.2, 0.25) is 0 Å². The second kappa shape index (κ2) is 5.63. The third-order valence-electron chi connectivity index (χ3n) is 3.42. The van der Waals surface area contributed by atoms with Gasteiger partial charge in [-0.15, -0.1) is 0 Å². The number of nitrogens with zero attached hydrogens (tertiary/aromatic N) is 6. The molecule has 2 aromatic heterocycles. The molecule has 1 aliphatic rings. The van der Waals surface area contributed by atoms with Gasteiger partial charge < -0.3 is 10.6 Å². The Kier molecular flexibility index (Phi) is 3.51. The molecule has 0 aromatic carbocycles. The van der Waals surface area contributed by atoms with E-state index in [2.05, 4.69) is 20.0 Å². The Morgan fingerprint density at radius 1 is 1.43 bits per heavy atom. The number of nitriles is 1. The van der Waals surface area contributed by atoms with Gasteiger partial charge in [-0.05, 0) is 18.9 Å². The maximum absolute atomic E-state index is 8.82. The number of allylic oxidation sites excluding steroid dienone is 1. The van der Waals surface area contributed by atoms with Gasteiger partial charge in [0, 0.05) is 31.7 Å². The minimum Gasteiger partial charge on any atom is -0.403 e. The number of hydrogen-bond acceptors (Lipinski definition) is 6. The number of aliphatic imine (C=N–C) groups is 1. The van der Waals surface area contributed by atoms with Crippen LogP contribution in [-0.4, -0.2) is 33.9 Å². The molecule has 1 aliphatic heterocycles. The van der Waals surface area contributed by atoms with Crippen molar-refractivity contribution in [2.45, 2.75) is 12.8 Å². The summed E-state index contributed by atoms with van der Waals surface area (Å²) < 4.78 is 1.67. The van der Waals surface area contributed by atoms with E-state index < -0.39 is 0 Å². The molecule has 0 bridgehead atoms. The summed E-state index contributed by atoms with van der Waals surface area (Å²) in [5.74, 6) is 0.937. The molecule has 0 unspecified atom stereocenters. The van der Waals surface area contributed by atoms with Crippen LogP contribution in [0.5, 0.6) is 0 Å². The molecule has 21 heavy (non-hydrogen) atoms. The summed E-state index contributed by atoms with van der Waals surface area (Å²) in [6.45, 7) is 2.06. The van der Waals surface area contributed by atoms with E-state index in [1.807, 2.05) is 18.3 Å². The van der Waals surface area contributed by atoms with Gasteiger partial charge >= 0.3 is 0 Å². The van der Waals surface area contributed by atoms with Gasteiger partial charge in [-0.1, -0.05) is 0 Å². The van der Waals surface area contributed by atoms with Crippen LogP contribution < -0.4 is 10.6 Å². The van der Waals surface area contributed by atoms with E-state index in [9.17, 15) is 0 Å². The van der Waals surface area contributed by atoms with Crippen molar-refractivity contribution < 1.29 is 0 Å². The Labute approximate surface area is 122 Å². The first-order valence-corrected chi connectivity index (χ1v) is 6.77. The number of rotatable bonds is 3. The highest BCUT2D eigenvalue weighted by molar-refractivity contribution is 5.87. The molecule has 7 heteroatoms. The topological polar surface area (TPSA) is 95.6 Å². The Bertz CT molecular complexity index is 744. The lowest BCUT2D eigenvalue weighted by Gasteiger charge is -2.15. The predicted octanol–water partition coefficient (Wildman–Crippen LogP) is 1.40. The number of hydrogen-bond donors (Lipinski definition) is 1. The Hall–Kier alpha value is -2.88. The molecule has 1 fully saturated rings. The van der Waals surface area contributed by atoms with Crippen molar-refractivity contribution in [1.82, 2.24) is 14.6 Å². The maximum Gasteiger partial charge on any atom is 0.183 e. The third-order valence-corrected chi connectivity index (χ3v) is 3.42. The zero-order chi connectivity index (χ0) is 14.7. The molecule has 0 radical (unpaired) electrons. The molecule has 2 aromatic rings. The average molecular weight is 281 g/mol. The summed E-state index contributed by atoms with van der Waals surface area (Å²) in [4.78, 5) is 11.1. The summed E-state index contributed by atoms with van der Waals surface area (Å²) >= 11 is 0. The molecule has 0 amide bonds. The lowest BCUT2D eigenvalue weighted by atomic mass is 10.3. The lowest BCUT2D eigenvalue weighted by Crippen LogP contribution is -2.19. The van der Waals surface area contributed by atoms with Crippen molar-refractivity contribution in [1.29, 1.82) is 5.26 Å². The minimum absolute atomic E-state index is 0.296. The van der Waals surface area contributed by atoms with E-state index in [1.165, 1.54) is 25.3 Å². The minimum atomic E-state index is 0.296. The van der Waals surface area contributed by atoms with Gasteiger partial charge in [-0.2, -0.15) is 10.4 Å². The molecule has 0 spiro atoms. The molecule has 1 saturated heterocycles. The number of aromatic nitrogens is 3. The zero-order valence-corrected chi connectivity index (χ0v) is 11.5. The van der Waals surface area contributed by atoms with Crippen molar-refractivity contribution in [3.8, 4) is 6.07 Å². The van der Waals surface area contributed by atoms with Crippen molar-refractivity contribution in [2.24, 2.45) is 10.7 Å². The zero-order valence-electron chi connectivity index (χ0n) is 11.5. The fourth-order valence-corrected chi connectivity index (χ4v) is 2.31. The van der Waals surface area contributed by atoms with E-state index in [1.54, 1.807) is 10.7 Å². The van der Waals surface area contributed by atoms with Gasteiger partial charge in [0.05, 0.1) is 11.8 Å². The van der Waals surface area contributed by atoms with Crippen LogP contribution in [0.1, 0.15) is 12.8 Å². The normalized spacial score (nSPS) is 16.0. The first-order valence-electron chi connectivity index (χ1n) is 6.77. The van der Waals surface area contributed by atoms with Gasteiger partial charge in [0.1, 0.15) is 17.6 Å². The van der Waals surface area contributed by atoms with Gasteiger partial charge in [0.15, 0.2) is 5.65 Å². The maximum atomic E-state index is 8.82. The summed E-state index contributed by atoms with van der Waals surface area (Å²) in [5.41, 5.74) is 6.91. The number of nitrogens with two attached hydrogens (primary N) is 1. The van der Waals surface area contributed by atoms with Gasteiger partial charge in [-0.25, -0.2) is 14.5 Å². The summed E-state index contributed by atoms with van der Waals surface area (Å²) in [6.07, 6.45) is 8.53. The summed E-state index contributed by atoms with van der Waals surface area (Å²) in [6, 6.07) is 3.91. The van der Waals surface area contributed by atoms with Crippen LogP contribution in [-0.2, 0) is 0 Å². The van der Waals surface area contributed by atoms with E-state index in [0.29, 0.717) is 16.9 Å². The summed E-state index contributed by atoms with van der Waals surface area (Å²) in [7, 11) is 0. The number of fused-ring (bicyclic) bond motifs is 1. The monoisotopic (exact) mass is 281 g/mol. The molecule has 3 heterocycles. The van der Waals surface area contributed by atoms with Gasteiger partial charge in [0.25, 0.3) is 0 Å². The second-order valence-corrected chi connectivity index (χ2v) is 4.77. The molecule has 0 aliphatic carbocycles. The van der Waals surface area contributed by atoms with Crippen LogP contribution in [0, 0.1) is 11.3 Å². The van der Waals surface area contributed by atoms with Crippen molar-refractivity contribution in [3.63, 3.8) is 0 Å². The molecular weight excluding hydrogens is 266 g/mol. The second-order valence-electron chi connectivity index (χ2n) is 4.77. The molecule has 0 atom stereocenters. The molecule has 7 nitrogen and oxygen atoms in total. The van der Waals surface area contributed by atoms with Crippen LogP contribution >= 0.6 is 0 Å². The Morgan fingerprint density at radius 2 is 2.24 bits per heavy atom. The van der Waals surface area contributed by atoms with Crippen LogP contribution in [0.15, 0.2) is 35.2 Å². The first-order chi connectivity index (χ1) is 10.3. The molecule has 3 rings (SSSR count). The molecular formula is C14H15N7. The quantitative estimate of drug-likeness (QED) is 0.677. The highest BCUT2D eigenvalue weighted by atomic mass is 15.3. The van der Waals surface area contributed by atoms with Gasteiger partial charge in [-0.3, -0.25) is 0 Å². The first kappa shape index (κ1) is 13.1. The molecule has 106 valence electrons. The lowest BCUT2D eigenvalue weighted by molar-refractivity contribution is 0.899. The summed E-state index contributed by atoms with van der Waals surface area (Å²) in [5, 5.41) is 13.0. The standard InChI is InChI=1S/C14H15N7/c15-7-11(8-16)9-17-12-10-18-21-6-3-13(19-14(12)21)20-4-1-2-5-20/h3,6-7,9-10H,1-2,4-5,15H2. The van der Waals surface area contributed by atoms with E-state index in [4.69, 9.17) is 11.0 Å². The van der Waals surface area contributed by atoms with Crippen LogP contribution in [0.4, 0.5) is 11.5 Å². The third kappa shape index (κ3) is 2.56. The number of anilines is 1. The van der Waals surface area contributed by atoms with E-state index in [-0.39, 0.29) is 0 Å². The van der Waals surface area contributed by atoms with E-state index in [0.717, 1.165) is 18.9 Å². The van der Waals surface area contributed by atoms with E-state index >= 15 is 0 Å². The van der Waals surface area contributed by atoms with Crippen LogP contribution in [0.3, 0.4) is 0 Å². The fourth-order valence-electron chi connectivity index (χ4n) is 2.31. The highest BCUT2D eigenvalue weighted by Gasteiger charge is 2.15. The van der Waals surface area contributed by atoms with Crippen molar-refractivity contribution in [3.05, 3.63) is 30.2 Å². The fraction of sp³-hybridized carbons (Fsp3) is 0.286. The smallest absolute Gasteiger partial charge is 0.183 e. The average Bonchev–Trinajstić information content (AvgIpc) is 3.17. The predicted molar refractivity (Wildman–Crippen MR) is 80.5 cm³/mol. The Morgan fingerprint density at radius 3 is 2.95 bits per heavy atom. The molecule has 0 saturated carbocycles. The van der Waals surface area contributed by atoms with Crippen molar-refractivity contribution in [2.75, 3.05) is 18.0 Å². The Balaban J connectivity index is 1.96. The molecule has 2 N–H and O–H groups in total. The van der Waals surface area contributed by atoms with Crippen LogP contribution in [0.2, 0.25) is 0 Å².